The average Bonchev–Trinajstić information content (AvgIpc) is 2.77. The molecule has 2 aromatic carbocycles. The number of nitrogens with one attached hydrogen (secondary N) is 1. The average molecular weight is 409 g/mol. The molecule has 3 rings (SSSR count). The molecule has 1 N–H and O–H groups in total. The number of rotatable bonds is 7. The fourth-order valence-electron chi connectivity index (χ4n) is 4.04. The Hall–Kier alpha value is -2.82. The summed E-state index contributed by atoms with van der Waals surface area (Å²) >= 11 is 0. The molecule has 5 heteroatoms. The normalized spacial score (nSPS) is 18.7. The highest BCUT2D eigenvalue weighted by Gasteiger charge is 2.39. The van der Waals surface area contributed by atoms with Gasteiger partial charge in [0.1, 0.15) is 5.75 Å². The van der Waals surface area contributed by atoms with E-state index in [4.69, 9.17) is 4.74 Å². The molecule has 30 heavy (non-hydrogen) atoms. The number of hydrogen-bond acceptors (Lipinski definition) is 3. The Labute approximate surface area is 179 Å². The van der Waals surface area contributed by atoms with Crippen LogP contribution in [0.1, 0.15) is 42.9 Å². The summed E-state index contributed by atoms with van der Waals surface area (Å²) in [5.41, 5.74) is 2.86. The number of likely N-dealkylation sites (tertiary alicyclic amines) is 1. The van der Waals surface area contributed by atoms with E-state index in [0.717, 1.165) is 36.3 Å². The first-order valence-corrected chi connectivity index (χ1v) is 10.6. The molecule has 0 saturated carbocycles. The minimum Gasteiger partial charge on any atom is -0.497 e. The number of nitrogens with zero attached hydrogens (tertiary/aromatic N) is 1. The van der Waals surface area contributed by atoms with E-state index in [-0.39, 0.29) is 11.8 Å². The van der Waals surface area contributed by atoms with Crippen molar-refractivity contribution >= 4 is 11.8 Å². The molecular weight excluding hydrogens is 376 g/mol. The topological polar surface area (TPSA) is 58.6 Å². The van der Waals surface area contributed by atoms with Crippen molar-refractivity contribution in [3.63, 3.8) is 0 Å². The molecule has 0 spiro atoms. The minimum atomic E-state index is -0.545. The van der Waals surface area contributed by atoms with Crippen molar-refractivity contribution in [2.75, 3.05) is 20.2 Å². The molecule has 1 atom stereocenters. The number of carbonyl (C=O) groups is 2. The zero-order chi connectivity index (χ0) is 21.6. The van der Waals surface area contributed by atoms with Gasteiger partial charge in [-0.2, -0.15) is 0 Å². The molecule has 5 nitrogen and oxygen atoms in total. The van der Waals surface area contributed by atoms with Crippen LogP contribution in [0.3, 0.4) is 0 Å². The largest absolute Gasteiger partial charge is 0.497 e. The summed E-state index contributed by atoms with van der Waals surface area (Å²) in [6.45, 7) is 5.75. The van der Waals surface area contributed by atoms with Crippen LogP contribution in [-0.4, -0.2) is 36.9 Å². The number of methoxy groups -OCH3 is 1. The van der Waals surface area contributed by atoms with Crippen LogP contribution in [0.15, 0.2) is 48.5 Å². The summed E-state index contributed by atoms with van der Waals surface area (Å²) in [5, 5.41) is 3.09. The molecule has 1 heterocycles. The maximum absolute atomic E-state index is 13.0. The Morgan fingerprint density at radius 1 is 1.13 bits per heavy atom. The van der Waals surface area contributed by atoms with Gasteiger partial charge in [0.15, 0.2) is 0 Å². The van der Waals surface area contributed by atoms with Crippen LogP contribution in [0.25, 0.3) is 0 Å². The van der Waals surface area contributed by atoms with Gasteiger partial charge in [-0.05, 0) is 61.9 Å². The maximum Gasteiger partial charge on any atom is 0.227 e. The lowest BCUT2D eigenvalue weighted by molar-refractivity contribution is -0.140. The van der Waals surface area contributed by atoms with Crippen molar-refractivity contribution in [3.05, 3.63) is 65.2 Å². The first kappa shape index (κ1) is 21.9. The fraction of sp³-hybridized carbons (Fsp3) is 0.440. The summed E-state index contributed by atoms with van der Waals surface area (Å²) in [7, 11) is 1.64. The predicted octanol–water partition coefficient (Wildman–Crippen LogP) is 3.88. The van der Waals surface area contributed by atoms with Crippen molar-refractivity contribution < 1.29 is 14.3 Å². The second kappa shape index (κ2) is 9.79. The van der Waals surface area contributed by atoms with Gasteiger partial charge >= 0.3 is 0 Å². The van der Waals surface area contributed by atoms with Gasteiger partial charge in [0.2, 0.25) is 11.8 Å². The lowest BCUT2D eigenvalue weighted by Crippen LogP contribution is -2.51. The first-order chi connectivity index (χ1) is 14.4. The van der Waals surface area contributed by atoms with Crippen LogP contribution < -0.4 is 10.1 Å². The van der Waals surface area contributed by atoms with E-state index < -0.39 is 5.41 Å². The van der Waals surface area contributed by atoms with Gasteiger partial charge < -0.3 is 15.0 Å². The lowest BCUT2D eigenvalue weighted by atomic mass is 9.80. The van der Waals surface area contributed by atoms with Crippen LogP contribution in [0.2, 0.25) is 0 Å². The van der Waals surface area contributed by atoms with E-state index in [1.165, 1.54) is 5.56 Å². The standard InChI is InChI=1S/C25H32N2O3/c1-19-7-4-5-8-21(19)17-26-24(29)25(2)15-6-16-27(18-25)23(28)14-11-20-9-12-22(30-3)13-10-20/h4-5,7-10,12-13H,6,11,14-18H2,1-3H3,(H,26,29)/t25-/m1/s1. The second-order valence-electron chi connectivity index (χ2n) is 8.44. The van der Waals surface area contributed by atoms with E-state index in [0.29, 0.717) is 25.9 Å². The molecule has 0 aromatic heterocycles. The third kappa shape index (κ3) is 5.41. The summed E-state index contributed by atoms with van der Waals surface area (Å²) in [4.78, 5) is 27.6. The number of ether oxygens (including phenoxy) is 1. The van der Waals surface area contributed by atoms with E-state index in [9.17, 15) is 9.59 Å². The fourth-order valence-corrected chi connectivity index (χ4v) is 4.04. The van der Waals surface area contributed by atoms with Crippen LogP contribution in [-0.2, 0) is 22.6 Å². The highest BCUT2D eigenvalue weighted by molar-refractivity contribution is 5.84. The van der Waals surface area contributed by atoms with Crippen LogP contribution >= 0.6 is 0 Å². The highest BCUT2D eigenvalue weighted by Crippen LogP contribution is 2.30. The van der Waals surface area contributed by atoms with Gasteiger partial charge in [0.25, 0.3) is 0 Å². The Kier molecular flexibility index (Phi) is 7.14. The molecule has 0 radical (unpaired) electrons. The minimum absolute atomic E-state index is 0.0263. The van der Waals surface area contributed by atoms with Gasteiger partial charge in [0, 0.05) is 26.1 Å². The van der Waals surface area contributed by atoms with Crippen LogP contribution in [0, 0.1) is 12.3 Å². The van der Waals surface area contributed by atoms with Crippen molar-refractivity contribution in [2.24, 2.45) is 5.41 Å². The molecule has 1 fully saturated rings. The number of piperidine rings is 1. The van der Waals surface area contributed by atoms with E-state index in [2.05, 4.69) is 5.32 Å². The predicted molar refractivity (Wildman–Crippen MR) is 118 cm³/mol. The Morgan fingerprint density at radius 3 is 2.57 bits per heavy atom. The molecule has 1 aliphatic rings. The van der Waals surface area contributed by atoms with Gasteiger partial charge in [-0.3, -0.25) is 9.59 Å². The highest BCUT2D eigenvalue weighted by atomic mass is 16.5. The third-order valence-electron chi connectivity index (χ3n) is 6.08. The molecule has 0 unspecified atom stereocenters. The second-order valence-corrected chi connectivity index (χ2v) is 8.44. The van der Waals surface area contributed by atoms with Crippen LogP contribution in [0.4, 0.5) is 0 Å². The zero-order valence-corrected chi connectivity index (χ0v) is 18.2. The molecule has 160 valence electrons. The van der Waals surface area contributed by atoms with E-state index >= 15 is 0 Å². The number of carbonyl (C=O) groups excluding carboxylic acids is 2. The van der Waals surface area contributed by atoms with Gasteiger partial charge in [-0.25, -0.2) is 0 Å². The number of hydrogen-bond donors (Lipinski definition) is 1. The third-order valence-corrected chi connectivity index (χ3v) is 6.08. The van der Waals surface area contributed by atoms with Gasteiger partial charge in [-0.1, -0.05) is 36.4 Å². The Balaban J connectivity index is 1.54. The molecular formula is C25H32N2O3. The Morgan fingerprint density at radius 2 is 1.87 bits per heavy atom. The molecule has 2 amide bonds. The summed E-state index contributed by atoms with van der Waals surface area (Å²) in [5.74, 6) is 0.954. The molecule has 1 saturated heterocycles. The van der Waals surface area contributed by atoms with Gasteiger partial charge in [-0.15, -0.1) is 0 Å². The Bertz CT molecular complexity index is 878. The van der Waals surface area contributed by atoms with Crippen molar-refractivity contribution in [1.82, 2.24) is 10.2 Å². The van der Waals surface area contributed by atoms with E-state index in [1.807, 2.05) is 67.3 Å². The zero-order valence-electron chi connectivity index (χ0n) is 18.2. The maximum atomic E-state index is 13.0. The molecule has 1 aliphatic heterocycles. The quantitative estimate of drug-likeness (QED) is 0.756. The summed E-state index contributed by atoms with van der Waals surface area (Å²) < 4.78 is 5.18. The number of aryl methyl sites for hydroxylation is 2. The van der Waals surface area contributed by atoms with Crippen molar-refractivity contribution in [3.8, 4) is 5.75 Å². The van der Waals surface area contributed by atoms with E-state index in [1.54, 1.807) is 7.11 Å². The molecule has 2 aromatic rings. The SMILES string of the molecule is COc1ccc(CCC(=O)N2CCC[C@@](C)(C(=O)NCc3ccccc3C)C2)cc1. The lowest BCUT2D eigenvalue weighted by Gasteiger charge is -2.39. The number of amides is 2. The number of benzene rings is 2. The molecule has 0 aliphatic carbocycles. The summed E-state index contributed by atoms with van der Waals surface area (Å²) in [6, 6.07) is 15.9. The smallest absolute Gasteiger partial charge is 0.227 e. The van der Waals surface area contributed by atoms with Crippen molar-refractivity contribution in [2.45, 2.75) is 46.1 Å². The van der Waals surface area contributed by atoms with Gasteiger partial charge in [0.05, 0.1) is 12.5 Å². The monoisotopic (exact) mass is 408 g/mol. The van der Waals surface area contributed by atoms with Crippen LogP contribution in [0.5, 0.6) is 5.75 Å². The summed E-state index contributed by atoms with van der Waals surface area (Å²) in [6.07, 6.45) is 2.79. The molecule has 0 bridgehead atoms. The van der Waals surface area contributed by atoms with Crippen molar-refractivity contribution in [1.29, 1.82) is 0 Å². The first-order valence-electron chi connectivity index (χ1n) is 10.6.